The lowest BCUT2D eigenvalue weighted by atomic mass is 9.98. The second-order valence-corrected chi connectivity index (χ2v) is 6.78. The SMILES string of the molecule is CCOC(=O)[C@H]1CCCN(CC(=O)Nc2ccccc2SC(F)F)C1. The van der Waals surface area contributed by atoms with Crippen LogP contribution in [0.3, 0.4) is 0 Å². The van der Waals surface area contributed by atoms with Gasteiger partial charge < -0.3 is 10.1 Å². The van der Waals surface area contributed by atoms with Crippen LogP contribution in [0.5, 0.6) is 0 Å². The van der Waals surface area contributed by atoms with Crippen LogP contribution in [0.4, 0.5) is 14.5 Å². The van der Waals surface area contributed by atoms with Gasteiger partial charge in [-0.05, 0) is 38.4 Å². The van der Waals surface area contributed by atoms with Gasteiger partial charge in [0.05, 0.1) is 24.8 Å². The minimum Gasteiger partial charge on any atom is -0.466 e. The molecule has 1 amide bonds. The van der Waals surface area contributed by atoms with E-state index in [9.17, 15) is 18.4 Å². The number of alkyl halides is 2. The van der Waals surface area contributed by atoms with Gasteiger partial charge in [0.25, 0.3) is 5.76 Å². The molecule has 8 heteroatoms. The molecule has 138 valence electrons. The molecule has 0 spiro atoms. The first-order valence-electron chi connectivity index (χ1n) is 8.22. The third kappa shape index (κ3) is 6.28. The summed E-state index contributed by atoms with van der Waals surface area (Å²) in [6, 6.07) is 6.47. The number of esters is 1. The smallest absolute Gasteiger partial charge is 0.310 e. The van der Waals surface area contributed by atoms with Gasteiger partial charge in [-0.1, -0.05) is 23.9 Å². The molecule has 1 aromatic rings. The van der Waals surface area contributed by atoms with E-state index in [1.807, 2.05) is 4.90 Å². The van der Waals surface area contributed by atoms with Gasteiger partial charge in [-0.3, -0.25) is 14.5 Å². The van der Waals surface area contributed by atoms with Crippen molar-refractivity contribution in [2.75, 3.05) is 31.6 Å². The van der Waals surface area contributed by atoms with E-state index >= 15 is 0 Å². The van der Waals surface area contributed by atoms with Crippen LogP contribution >= 0.6 is 11.8 Å². The number of hydrogen-bond acceptors (Lipinski definition) is 5. The summed E-state index contributed by atoms with van der Waals surface area (Å²) in [5.74, 6) is -3.29. The number of hydrogen-bond donors (Lipinski definition) is 1. The topological polar surface area (TPSA) is 58.6 Å². The molecule has 0 bridgehead atoms. The van der Waals surface area contributed by atoms with Crippen molar-refractivity contribution in [3.63, 3.8) is 0 Å². The number of carbonyl (C=O) groups is 2. The zero-order valence-corrected chi connectivity index (χ0v) is 14.9. The summed E-state index contributed by atoms with van der Waals surface area (Å²) in [6.07, 6.45) is 1.57. The maximum absolute atomic E-state index is 12.6. The summed E-state index contributed by atoms with van der Waals surface area (Å²) in [6.45, 7) is 3.41. The van der Waals surface area contributed by atoms with E-state index in [0.29, 0.717) is 35.5 Å². The Morgan fingerprint density at radius 1 is 1.40 bits per heavy atom. The van der Waals surface area contributed by atoms with E-state index < -0.39 is 5.76 Å². The Morgan fingerprint density at radius 2 is 2.16 bits per heavy atom. The predicted octanol–water partition coefficient (Wildman–Crippen LogP) is 3.21. The molecule has 5 nitrogen and oxygen atoms in total. The number of thioether (sulfide) groups is 1. The molecule has 25 heavy (non-hydrogen) atoms. The molecule has 1 aliphatic heterocycles. The molecule has 1 atom stereocenters. The van der Waals surface area contributed by atoms with E-state index in [0.717, 1.165) is 19.4 Å². The minimum atomic E-state index is -2.55. The highest BCUT2D eigenvalue weighted by Crippen LogP contribution is 2.31. The number of likely N-dealkylation sites (tertiary alicyclic amines) is 1. The number of piperidine rings is 1. The molecule has 1 N–H and O–H groups in total. The van der Waals surface area contributed by atoms with Crippen LogP contribution in [0.25, 0.3) is 0 Å². The van der Waals surface area contributed by atoms with Crippen molar-refractivity contribution in [2.24, 2.45) is 5.92 Å². The Labute approximate surface area is 150 Å². The molecule has 1 aromatic carbocycles. The number of para-hydroxylation sites is 1. The molecule has 1 fully saturated rings. The molecule has 1 aliphatic rings. The Bertz CT molecular complexity index is 601. The number of benzene rings is 1. The number of amides is 1. The zero-order chi connectivity index (χ0) is 18.2. The molecule has 0 aliphatic carbocycles. The van der Waals surface area contributed by atoms with Gasteiger partial charge in [0, 0.05) is 11.4 Å². The fraction of sp³-hybridized carbons (Fsp3) is 0.529. The van der Waals surface area contributed by atoms with E-state index in [2.05, 4.69) is 5.32 Å². The lowest BCUT2D eigenvalue weighted by Gasteiger charge is -2.30. The van der Waals surface area contributed by atoms with Crippen molar-refractivity contribution in [1.29, 1.82) is 0 Å². The van der Waals surface area contributed by atoms with Crippen LogP contribution in [0.2, 0.25) is 0 Å². The monoisotopic (exact) mass is 372 g/mol. The van der Waals surface area contributed by atoms with Gasteiger partial charge in [-0.2, -0.15) is 8.78 Å². The van der Waals surface area contributed by atoms with E-state index in [1.54, 1.807) is 31.2 Å². The second kappa shape index (κ2) is 9.72. The highest BCUT2D eigenvalue weighted by molar-refractivity contribution is 7.99. The Morgan fingerprint density at radius 3 is 2.88 bits per heavy atom. The molecular formula is C17H22F2N2O3S. The van der Waals surface area contributed by atoms with Crippen LogP contribution in [0.15, 0.2) is 29.2 Å². The molecule has 1 saturated heterocycles. The molecule has 0 radical (unpaired) electrons. The largest absolute Gasteiger partial charge is 0.466 e. The summed E-state index contributed by atoms with van der Waals surface area (Å²) in [5.41, 5.74) is 0.372. The van der Waals surface area contributed by atoms with E-state index in [1.165, 1.54) is 0 Å². The summed E-state index contributed by atoms with van der Waals surface area (Å²) in [7, 11) is 0. The minimum absolute atomic E-state index is 0.115. The first kappa shape index (κ1) is 19.7. The first-order chi connectivity index (χ1) is 12.0. The standard InChI is InChI=1S/C17H22F2N2O3S/c1-2-24-16(23)12-6-5-9-21(10-12)11-15(22)20-13-7-3-4-8-14(13)25-17(18)19/h3-4,7-8,12,17H,2,5-6,9-11H2,1H3,(H,20,22)/t12-/m0/s1. The van der Waals surface area contributed by atoms with Gasteiger partial charge in [0.2, 0.25) is 5.91 Å². The Kier molecular flexibility index (Phi) is 7.64. The van der Waals surface area contributed by atoms with E-state index in [-0.39, 0.29) is 24.3 Å². The summed E-state index contributed by atoms with van der Waals surface area (Å²) in [5, 5.41) is 2.68. The van der Waals surface area contributed by atoms with Crippen LogP contribution in [-0.4, -0.2) is 48.8 Å². The number of rotatable bonds is 7. The van der Waals surface area contributed by atoms with Gasteiger partial charge in [-0.25, -0.2) is 0 Å². The number of halogens is 2. The van der Waals surface area contributed by atoms with Gasteiger partial charge >= 0.3 is 5.97 Å². The van der Waals surface area contributed by atoms with Crippen LogP contribution < -0.4 is 5.32 Å². The van der Waals surface area contributed by atoms with Gasteiger partial charge in [0.1, 0.15) is 0 Å². The normalized spacial score (nSPS) is 18.2. The lowest BCUT2D eigenvalue weighted by Crippen LogP contribution is -2.43. The highest BCUT2D eigenvalue weighted by Gasteiger charge is 2.27. The van der Waals surface area contributed by atoms with Crippen molar-refractivity contribution < 1.29 is 23.1 Å². The van der Waals surface area contributed by atoms with Crippen molar-refractivity contribution in [2.45, 2.75) is 30.4 Å². The number of nitrogens with one attached hydrogen (secondary N) is 1. The van der Waals surface area contributed by atoms with Gasteiger partial charge in [0.15, 0.2) is 0 Å². The summed E-state index contributed by atoms with van der Waals surface area (Å²) >= 11 is 0.400. The zero-order valence-electron chi connectivity index (χ0n) is 14.0. The predicted molar refractivity (Wildman–Crippen MR) is 92.7 cm³/mol. The summed E-state index contributed by atoms with van der Waals surface area (Å²) < 4.78 is 30.2. The summed E-state index contributed by atoms with van der Waals surface area (Å²) in [4.78, 5) is 26.3. The molecule has 0 unspecified atom stereocenters. The number of anilines is 1. The van der Waals surface area contributed by atoms with Crippen molar-refractivity contribution in [3.8, 4) is 0 Å². The average Bonchev–Trinajstić information content (AvgIpc) is 2.56. The van der Waals surface area contributed by atoms with Crippen molar-refractivity contribution >= 4 is 29.3 Å². The third-order valence-electron chi connectivity index (χ3n) is 3.87. The maximum Gasteiger partial charge on any atom is 0.310 e. The van der Waals surface area contributed by atoms with E-state index in [4.69, 9.17) is 4.74 Å². The molecular weight excluding hydrogens is 350 g/mol. The van der Waals surface area contributed by atoms with Crippen LogP contribution in [0, 0.1) is 5.92 Å². The average molecular weight is 372 g/mol. The maximum atomic E-state index is 12.6. The fourth-order valence-corrected chi connectivity index (χ4v) is 3.41. The van der Waals surface area contributed by atoms with Crippen LogP contribution in [0.1, 0.15) is 19.8 Å². The second-order valence-electron chi connectivity index (χ2n) is 5.75. The van der Waals surface area contributed by atoms with Crippen LogP contribution in [-0.2, 0) is 14.3 Å². The Balaban J connectivity index is 1.91. The number of ether oxygens (including phenoxy) is 1. The number of nitrogens with zero attached hydrogens (tertiary/aromatic N) is 1. The lowest BCUT2D eigenvalue weighted by molar-refractivity contribution is -0.150. The van der Waals surface area contributed by atoms with Gasteiger partial charge in [-0.15, -0.1) is 0 Å². The van der Waals surface area contributed by atoms with Crippen molar-refractivity contribution in [1.82, 2.24) is 4.90 Å². The highest BCUT2D eigenvalue weighted by atomic mass is 32.2. The van der Waals surface area contributed by atoms with Crippen molar-refractivity contribution in [3.05, 3.63) is 24.3 Å². The Hall–Kier alpha value is -1.67. The molecule has 2 rings (SSSR count). The first-order valence-corrected chi connectivity index (χ1v) is 9.10. The fourth-order valence-electron chi connectivity index (χ4n) is 2.81. The molecule has 0 saturated carbocycles. The molecule has 0 aromatic heterocycles. The molecule has 1 heterocycles. The third-order valence-corrected chi connectivity index (χ3v) is 4.66. The quantitative estimate of drug-likeness (QED) is 0.588. The number of carbonyl (C=O) groups excluding carboxylic acids is 2.